The molecule has 0 fully saturated rings. The summed E-state index contributed by atoms with van der Waals surface area (Å²) in [5, 5.41) is 19.5. The number of fused-ring (bicyclic) bond motifs is 4. The van der Waals surface area contributed by atoms with Crippen molar-refractivity contribution in [3.63, 3.8) is 0 Å². The van der Waals surface area contributed by atoms with E-state index >= 15 is 0 Å². The highest BCUT2D eigenvalue weighted by atomic mass is 35.5. The first-order chi connectivity index (χ1) is 25.0. The van der Waals surface area contributed by atoms with Crippen LogP contribution in [0, 0.1) is 0 Å². The first-order valence-electron chi connectivity index (χ1n) is 17.1. The molecule has 1 unspecified atom stereocenters. The number of amides is 3. The van der Waals surface area contributed by atoms with E-state index in [9.17, 15) is 24.3 Å². The summed E-state index contributed by atoms with van der Waals surface area (Å²) in [6, 6.07) is 14.9. The van der Waals surface area contributed by atoms with Crippen molar-refractivity contribution in [1.29, 1.82) is 0 Å². The minimum atomic E-state index is -0.940. The first-order valence-corrected chi connectivity index (χ1v) is 17.6. The van der Waals surface area contributed by atoms with Gasteiger partial charge in [-0.25, -0.2) is 0 Å². The Morgan fingerprint density at radius 2 is 1.67 bits per heavy atom. The molecule has 2 heterocycles. The number of aliphatic hydroxyl groups excluding tert-OH is 1. The number of alkyl halides is 1. The van der Waals surface area contributed by atoms with Gasteiger partial charge in [-0.2, -0.15) is 0 Å². The molecular weight excluding hydrogens is 690 g/mol. The molecule has 4 atom stereocenters. The van der Waals surface area contributed by atoms with Gasteiger partial charge in [-0.15, -0.1) is 11.6 Å². The van der Waals surface area contributed by atoms with Crippen LogP contribution in [0.25, 0.3) is 0 Å². The molecule has 2 aliphatic heterocycles. The molecule has 2 aliphatic rings. The Hall–Kier alpha value is -5.14. The van der Waals surface area contributed by atoms with E-state index in [0.29, 0.717) is 46.8 Å². The van der Waals surface area contributed by atoms with Gasteiger partial charge in [-0.3, -0.25) is 24.2 Å². The van der Waals surface area contributed by atoms with Crippen molar-refractivity contribution in [3.05, 3.63) is 76.9 Å². The number of aliphatic imine (C=N–C) groups is 1. The number of carbonyl (C=O) groups is 4. The Labute approximate surface area is 307 Å². The molecule has 0 saturated heterocycles. The van der Waals surface area contributed by atoms with Crippen LogP contribution < -0.4 is 30.3 Å². The molecule has 3 aromatic rings. The fourth-order valence-corrected chi connectivity index (χ4v) is 6.35. The smallest absolute Gasteiger partial charge is 0.305 e. The Morgan fingerprint density at radius 1 is 0.942 bits per heavy atom. The molecular formula is C38H44ClN5O8. The number of nitrogens with zero attached hydrogens (tertiary/aromatic N) is 2. The molecule has 0 aromatic heterocycles. The summed E-state index contributed by atoms with van der Waals surface area (Å²) in [6.45, 7) is 3.17. The Balaban J connectivity index is 1.19. The zero-order valence-corrected chi connectivity index (χ0v) is 30.4. The average Bonchev–Trinajstić information content (AvgIpc) is 3.46. The largest absolute Gasteiger partial charge is 0.493 e. The van der Waals surface area contributed by atoms with Crippen LogP contribution >= 0.6 is 11.6 Å². The Morgan fingerprint density at radius 3 is 2.42 bits per heavy atom. The second-order valence-corrected chi connectivity index (χ2v) is 13.0. The number of benzene rings is 3. The average molecular weight is 734 g/mol. The number of hydrogen-bond donors (Lipinski definition) is 4. The van der Waals surface area contributed by atoms with Gasteiger partial charge in [0.15, 0.2) is 17.7 Å². The highest BCUT2D eigenvalue weighted by Crippen LogP contribution is 2.45. The van der Waals surface area contributed by atoms with Gasteiger partial charge < -0.3 is 40.2 Å². The Bertz CT molecular complexity index is 1830. The first kappa shape index (κ1) is 38.1. The number of hydrogen-bond acceptors (Lipinski definition) is 10. The fraction of sp³-hybridized carbons (Fsp3) is 0.395. The molecule has 52 heavy (non-hydrogen) atoms. The lowest BCUT2D eigenvalue weighted by Crippen LogP contribution is -2.50. The number of halogens is 1. The van der Waals surface area contributed by atoms with Crippen LogP contribution in [0.1, 0.15) is 68.0 Å². The minimum Gasteiger partial charge on any atom is -0.493 e. The molecule has 13 nitrogen and oxygen atoms in total. The van der Waals surface area contributed by atoms with Crippen LogP contribution in [0.4, 0.5) is 17.1 Å². The second-order valence-electron chi connectivity index (χ2n) is 12.8. The van der Waals surface area contributed by atoms with Crippen molar-refractivity contribution in [2.75, 3.05) is 24.4 Å². The van der Waals surface area contributed by atoms with Gasteiger partial charge in [-0.1, -0.05) is 24.3 Å². The summed E-state index contributed by atoms with van der Waals surface area (Å²) in [5.41, 5.74) is 5.19. The van der Waals surface area contributed by atoms with Gasteiger partial charge in [0.2, 0.25) is 17.7 Å². The van der Waals surface area contributed by atoms with Crippen molar-refractivity contribution in [3.8, 4) is 11.5 Å². The normalized spacial score (nSPS) is 16.7. The molecule has 0 bridgehead atoms. The highest BCUT2D eigenvalue weighted by molar-refractivity contribution is 6.17. The minimum absolute atomic E-state index is 0.0938. The topological polar surface area (TPSA) is 168 Å². The van der Waals surface area contributed by atoms with Crippen molar-refractivity contribution in [1.82, 2.24) is 10.6 Å². The van der Waals surface area contributed by atoms with Crippen molar-refractivity contribution >= 4 is 58.6 Å². The predicted molar refractivity (Wildman–Crippen MR) is 197 cm³/mol. The van der Waals surface area contributed by atoms with E-state index in [2.05, 4.69) is 26.8 Å². The maximum absolute atomic E-state index is 13.1. The van der Waals surface area contributed by atoms with Crippen LogP contribution in [0.5, 0.6) is 11.5 Å². The van der Waals surface area contributed by atoms with Gasteiger partial charge >= 0.3 is 5.97 Å². The van der Waals surface area contributed by atoms with Crippen LogP contribution in [0.15, 0.2) is 59.6 Å². The number of nitrogens with one attached hydrogen (secondary N) is 3. The maximum atomic E-state index is 13.1. The molecule has 0 aliphatic carbocycles. The SMILES string of the molecule is COC(=O)CCCCC(=O)N[C@@H](C)C(=O)N[C@@H](C)C(=O)Nc1cc(CCl)cc(COc2cc3c(cc2OC)C(O)N2c4ccccc4C[C@H]2C=N3)c1. The standard InChI is InChI=1S/C38H44ClN5O8/c1-22(41-34(45)11-7-8-12-35(46)51-4)36(47)42-23(2)37(48)43-27-14-24(19-39)13-25(15-27)21-52-33-18-30-29(17-32(33)50-3)38(49)44-28(20-40-30)16-26-9-5-6-10-31(26)44/h5-6,9-10,13-15,17-18,20,22-23,28,38,49H,7-8,11-12,16,19,21H2,1-4H3,(H,41,45)(H,42,47)(H,43,48)/t22-,23-,28-,38?/m0/s1. The summed E-state index contributed by atoms with van der Waals surface area (Å²) in [7, 11) is 2.84. The molecule has 276 valence electrons. The molecule has 0 spiro atoms. The third kappa shape index (κ3) is 9.20. The predicted octanol–water partition coefficient (Wildman–Crippen LogP) is 4.83. The quantitative estimate of drug-likeness (QED) is 0.0972. The summed E-state index contributed by atoms with van der Waals surface area (Å²) in [6.07, 6.45) is 2.98. The summed E-state index contributed by atoms with van der Waals surface area (Å²) < 4.78 is 16.5. The van der Waals surface area contributed by atoms with Crippen LogP contribution in [-0.2, 0) is 42.8 Å². The lowest BCUT2D eigenvalue weighted by atomic mass is 10.1. The highest BCUT2D eigenvalue weighted by Gasteiger charge is 2.36. The lowest BCUT2D eigenvalue weighted by molar-refractivity contribution is -0.140. The molecule has 14 heteroatoms. The van der Waals surface area contributed by atoms with E-state index in [0.717, 1.165) is 23.2 Å². The summed E-state index contributed by atoms with van der Waals surface area (Å²) >= 11 is 6.19. The van der Waals surface area contributed by atoms with Gasteiger partial charge in [-0.05, 0) is 67.6 Å². The molecule has 0 saturated carbocycles. The van der Waals surface area contributed by atoms with Gasteiger partial charge in [0.1, 0.15) is 18.7 Å². The maximum Gasteiger partial charge on any atom is 0.305 e. The lowest BCUT2D eigenvalue weighted by Gasteiger charge is -2.29. The van der Waals surface area contributed by atoms with Gasteiger partial charge in [0.05, 0.1) is 25.9 Å². The number of anilines is 2. The van der Waals surface area contributed by atoms with Crippen molar-refractivity contribution in [2.45, 2.75) is 82.8 Å². The van der Waals surface area contributed by atoms with Gasteiger partial charge in [0.25, 0.3) is 0 Å². The van der Waals surface area contributed by atoms with E-state index in [1.54, 1.807) is 24.3 Å². The molecule has 3 amide bonds. The number of rotatable bonds is 15. The van der Waals surface area contributed by atoms with E-state index < -0.39 is 30.1 Å². The monoisotopic (exact) mass is 733 g/mol. The Kier molecular flexibility index (Phi) is 12.7. The van der Waals surface area contributed by atoms with Crippen LogP contribution in [0.2, 0.25) is 0 Å². The van der Waals surface area contributed by atoms with Crippen LogP contribution in [0.3, 0.4) is 0 Å². The van der Waals surface area contributed by atoms with E-state index in [4.69, 9.17) is 26.1 Å². The number of ether oxygens (including phenoxy) is 3. The van der Waals surface area contributed by atoms with Crippen molar-refractivity contribution in [2.24, 2.45) is 4.99 Å². The molecule has 3 aromatic carbocycles. The van der Waals surface area contributed by atoms with E-state index in [-0.39, 0.29) is 43.2 Å². The number of esters is 1. The third-order valence-corrected chi connectivity index (χ3v) is 9.26. The molecule has 0 radical (unpaired) electrons. The molecule has 5 rings (SSSR count). The zero-order valence-electron chi connectivity index (χ0n) is 29.6. The van der Waals surface area contributed by atoms with Gasteiger partial charge in [0, 0.05) is 54.4 Å². The fourth-order valence-electron chi connectivity index (χ4n) is 6.19. The number of para-hydroxylation sites is 1. The molecule has 4 N–H and O–H groups in total. The van der Waals surface area contributed by atoms with Crippen LogP contribution in [-0.4, -0.2) is 67.4 Å². The van der Waals surface area contributed by atoms with Crippen molar-refractivity contribution < 1.29 is 38.5 Å². The third-order valence-electron chi connectivity index (χ3n) is 8.95. The number of unbranched alkanes of at least 4 members (excludes halogenated alkanes) is 1. The zero-order chi connectivity index (χ0) is 37.4. The summed E-state index contributed by atoms with van der Waals surface area (Å²) in [4.78, 5) is 55.9. The summed E-state index contributed by atoms with van der Waals surface area (Å²) in [5.74, 6) is -0.642. The number of aliphatic hydroxyl groups is 1. The number of carbonyl (C=O) groups excluding carboxylic acids is 4. The van der Waals surface area contributed by atoms with E-state index in [1.165, 1.54) is 28.1 Å². The second kappa shape index (κ2) is 17.4. The number of methoxy groups -OCH3 is 2. The van der Waals surface area contributed by atoms with E-state index in [1.807, 2.05) is 35.4 Å².